The van der Waals surface area contributed by atoms with Crippen LogP contribution < -0.4 is 0 Å². The second-order valence-electron chi connectivity index (χ2n) is 8.70. The summed E-state index contributed by atoms with van der Waals surface area (Å²) in [6.45, 7) is 6.77. The molecule has 2 heterocycles. The SMILES string of the molecule is Cc1cccc(-n2ccnc2SCC(=O)N2CCN(C(=O)CC3CCCC3)CC2)c1C. The zero-order valence-corrected chi connectivity index (χ0v) is 19.4. The Morgan fingerprint density at radius 2 is 1.71 bits per heavy atom. The van der Waals surface area contributed by atoms with E-state index in [2.05, 4.69) is 35.5 Å². The van der Waals surface area contributed by atoms with Crippen molar-refractivity contribution in [2.24, 2.45) is 5.92 Å². The van der Waals surface area contributed by atoms with Crippen molar-refractivity contribution in [3.05, 3.63) is 41.7 Å². The summed E-state index contributed by atoms with van der Waals surface area (Å²) in [4.78, 5) is 33.6. The van der Waals surface area contributed by atoms with E-state index in [1.165, 1.54) is 48.6 Å². The van der Waals surface area contributed by atoms with Gasteiger partial charge in [0.05, 0.1) is 11.4 Å². The van der Waals surface area contributed by atoms with E-state index >= 15 is 0 Å². The van der Waals surface area contributed by atoms with Crippen LogP contribution in [0.3, 0.4) is 0 Å². The van der Waals surface area contributed by atoms with Gasteiger partial charge in [-0.2, -0.15) is 0 Å². The number of nitrogens with zero attached hydrogens (tertiary/aromatic N) is 4. The predicted octanol–water partition coefficient (Wildman–Crippen LogP) is 3.83. The average Bonchev–Trinajstić information content (AvgIpc) is 3.46. The van der Waals surface area contributed by atoms with Gasteiger partial charge in [-0.25, -0.2) is 4.98 Å². The fourth-order valence-corrected chi connectivity index (χ4v) is 5.46. The minimum absolute atomic E-state index is 0.114. The van der Waals surface area contributed by atoms with Gasteiger partial charge >= 0.3 is 0 Å². The van der Waals surface area contributed by atoms with Gasteiger partial charge in [0.2, 0.25) is 11.8 Å². The van der Waals surface area contributed by atoms with Crippen molar-refractivity contribution in [2.45, 2.75) is 51.1 Å². The smallest absolute Gasteiger partial charge is 0.233 e. The highest BCUT2D eigenvalue weighted by molar-refractivity contribution is 7.99. The van der Waals surface area contributed by atoms with Crippen LogP contribution in [0.4, 0.5) is 0 Å². The molecule has 2 aromatic rings. The monoisotopic (exact) mass is 440 g/mol. The van der Waals surface area contributed by atoms with Crippen LogP contribution in [-0.4, -0.2) is 63.1 Å². The number of thioether (sulfide) groups is 1. The number of piperazine rings is 1. The predicted molar refractivity (Wildman–Crippen MR) is 123 cm³/mol. The lowest BCUT2D eigenvalue weighted by Gasteiger charge is -2.35. The van der Waals surface area contributed by atoms with Crippen molar-refractivity contribution in [1.82, 2.24) is 19.4 Å². The highest BCUT2D eigenvalue weighted by Gasteiger charge is 2.27. The Morgan fingerprint density at radius 3 is 2.42 bits per heavy atom. The molecular weight excluding hydrogens is 408 g/mol. The summed E-state index contributed by atoms with van der Waals surface area (Å²) in [6, 6.07) is 6.23. The van der Waals surface area contributed by atoms with E-state index in [0.29, 0.717) is 44.3 Å². The van der Waals surface area contributed by atoms with Crippen molar-refractivity contribution >= 4 is 23.6 Å². The van der Waals surface area contributed by atoms with Crippen LogP contribution in [0.5, 0.6) is 0 Å². The number of rotatable bonds is 6. The Bertz CT molecular complexity index is 927. The van der Waals surface area contributed by atoms with E-state index in [0.717, 1.165) is 10.8 Å². The van der Waals surface area contributed by atoms with Crippen molar-refractivity contribution in [2.75, 3.05) is 31.9 Å². The van der Waals surface area contributed by atoms with E-state index < -0.39 is 0 Å². The minimum Gasteiger partial charge on any atom is -0.339 e. The number of hydrogen-bond acceptors (Lipinski definition) is 4. The van der Waals surface area contributed by atoms with E-state index in [9.17, 15) is 9.59 Å². The lowest BCUT2D eigenvalue weighted by Crippen LogP contribution is -2.51. The molecule has 2 aliphatic rings. The molecule has 31 heavy (non-hydrogen) atoms. The molecule has 1 saturated carbocycles. The van der Waals surface area contributed by atoms with Crippen LogP contribution in [0.25, 0.3) is 5.69 Å². The minimum atomic E-state index is 0.114. The van der Waals surface area contributed by atoms with Crippen LogP contribution in [0.2, 0.25) is 0 Å². The summed E-state index contributed by atoms with van der Waals surface area (Å²) in [6.07, 6.45) is 9.33. The Balaban J connectivity index is 1.28. The van der Waals surface area contributed by atoms with Crippen LogP contribution in [0.15, 0.2) is 35.7 Å². The molecule has 2 fully saturated rings. The molecule has 4 rings (SSSR count). The first-order valence-electron chi connectivity index (χ1n) is 11.3. The second-order valence-corrected chi connectivity index (χ2v) is 9.65. The molecule has 0 bridgehead atoms. The van der Waals surface area contributed by atoms with Gasteiger partial charge in [0.25, 0.3) is 0 Å². The highest BCUT2D eigenvalue weighted by Crippen LogP contribution is 2.28. The number of imidazole rings is 1. The molecule has 0 radical (unpaired) electrons. The Morgan fingerprint density at radius 1 is 1.03 bits per heavy atom. The Hall–Kier alpha value is -2.28. The maximum atomic E-state index is 12.8. The van der Waals surface area contributed by atoms with Gasteiger partial charge in [0, 0.05) is 45.0 Å². The molecular formula is C24H32N4O2S. The maximum Gasteiger partial charge on any atom is 0.233 e. The first-order valence-corrected chi connectivity index (χ1v) is 12.3. The number of carbonyl (C=O) groups is 2. The molecule has 6 nitrogen and oxygen atoms in total. The third-order valence-electron chi connectivity index (χ3n) is 6.69. The molecule has 0 N–H and O–H groups in total. The topological polar surface area (TPSA) is 58.4 Å². The summed E-state index contributed by atoms with van der Waals surface area (Å²) in [7, 11) is 0. The zero-order chi connectivity index (χ0) is 21.8. The molecule has 1 aromatic carbocycles. The summed E-state index contributed by atoms with van der Waals surface area (Å²) in [5.74, 6) is 1.31. The number of amides is 2. The number of aryl methyl sites for hydroxylation is 1. The molecule has 0 spiro atoms. The lowest BCUT2D eigenvalue weighted by atomic mass is 10.0. The average molecular weight is 441 g/mol. The number of carbonyl (C=O) groups excluding carboxylic acids is 2. The maximum absolute atomic E-state index is 12.8. The van der Waals surface area contributed by atoms with Gasteiger partial charge in [-0.05, 0) is 49.8 Å². The standard InChI is InChI=1S/C24H32N4O2S/c1-18-6-5-9-21(19(18)2)28-11-10-25-24(28)31-17-23(30)27-14-12-26(13-15-27)22(29)16-20-7-3-4-8-20/h5-6,9-11,20H,3-4,7-8,12-17H2,1-2H3. The second kappa shape index (κ2) is 9.90. The fraction of sp³-hybridized carbons (Fsp3) is 0.542. The van der Waals surface area contributed by atoms with Gasteiger partial charge < -0.3 is 9.80 Å². The summed E-state index contributed by atoms with van der Waals surface area (Å²) in [5, 5.41) is 0.826. The van der Waals surface area contributed by atoms with Crippen molar-refractivity contribution in [1.29, 1.82) is 0 Å². The van der Waals surface area contributed by atoms with E-state index in [1.54, 1.807) is 6.20 Å². The largest absolute Gasteiger partial charge is 0.339 e. The summed E-state index contributed by atoms with van der Waals surface area (Å²) in [5.41, 5.74) is 3.55. The Kier molecular flexibility index (Phi) is 7.00. The van der Waals surface area contributed by atoms with Gasteiger partial charge in [0.15, 0.2) is 5.16 Å². The molecule has 0 unspecified atom stereocenters. The molecule has 2 amide bonds. The fourth-order valence-electron chi connectivity index (χ4n) is 4.59. The zero-order valence-electron chi connectivity index (χ0n) is 18.5. The molecule has 1 aliphatic carbocycles. The summed E-state index contributed by atoms with van der Waals surface area (Å²) < 4.78 is 2.06. The van der Waals surface area contributed by atoms with E-state index in [4.69, 9.17) is 0 Å². The van der Waals surface area contributed by atoms with E-state index in [-0.39, 0.29) is 11.8 Å². The third kappa shape index (κ3) is 5.14. The van der Waals surface area contributed by atoms with Crippen molar-refractivity contribution in [3.63, 3.8) is 0 Å². The number of aromatic nitrogens is 2. The Labute approximate surface area is 189 Å². The van der Waals surface area contributed by atoms with E-state index in [1.807, 2.05) is 22.1 Å². The number of benzene rings is 1. The van der Waals surface area contributed by atoms with Crippen LogP contribution >= 0.6 is 11.8 Å². The lowest BCUT2D eigenvalue weighted by molar-refractivity contribution is -0.138. The molecule has 7 heteroatoms. The molecule has 1 saturated heterocycles. The third-order valence-corrected chi connectivity index (χ3v) is 7.64. The van der Waals surface area contributed by atoms with Gasteiger partial charge in [-0.1, -0.05) is 36.7 Å². The van der Waals surface area contributed by atoms with Crippen molar-refractivity contribution < 1.29 is 9.59 Å². The molecule has 166 valence electrons. The molecule has 1 aliphatic heterocycles. The first-order chi connectivity index (χ1) is 15.0. The van der Waals surface area contributed by atoms with Gasteiger partial charge in [0.1, 0.15) is 0 Å². The first kappa shape index (κ1) is 21.9. The van der Waals surface area contributed by atoms with Gasteiger partial charge in [-0.3, -0.25) is 14.2 Å². The van der Waals surface area contributed by atoms with Crippen LogP contribution in [0, 0.1) is 19.8 Å². The number of hydrogen-bond donors (Lipinski definition) is 0. The normalized spacial score (nSPS) is 17.4. The highest BCUT2D eigenvalue weighted by atomic mass is 32.2. The van der Waals surface area contributed by atoms with Gasteiger partial charge in [-0.15, -0.1) is 0 Å². The van der Waals surface area contributed by atoms with Crippen LogP contribution in [-0.2, 0) is 9.59 Å². The van der Waals surface area contributed by atoms with Crippen molar-refractivity contribution in [3.8, 4) is 5.69 Å². The summed E-state index contributed by atoms with van der Waals surface area (Å²) >= 11 is 1.47. The molecule has 1 aromatic heterocycles. The quantitative estimate of drug-likeness (QED) is 0.641. The van der Waals surface area contributed by atoms with Crippen LogP contribution in [0.1, 0.15) is 43.2 Å². The molecule has 0 atom stereocenters.